The summed E-state index contributed by atoms with van der Waals surface area (Å²) in [6.45, 7) is 4.69. The van der Waals surface area contributed by atoms with Crippen LogP contribution in [0.4, 0.5) is 0 Å². The molecule has 7 nitrogen and oxygen atoms in total. The number of carbonyl (C=O) groups is 2. The highest BCUT2D eigenvalue weighted by Crippen LogP contribution is 2.44. The lowest BCUT2D eigenvalue weighted by Crippen LogP contribution is -2.46. The SMILES string of the molecule is O=C(NCC1CCCCN1)c1ccc2c(c1)C(C(=O)NC1CCN(C/C3=C/CCCCCC3)CC1)c1ccccc1O2. The minimum Gasteiger partial charge on any atom is -0.457 e. The first-order chi connectivity index (χ1) is 20.6. The van der Waals surface area contributed by atoms with Crippen molar-refractivity contribution in [3.05, 3.63) is 70.8 Å². The van der Waals surface area contributed by atoms with Crippen molar-refractivity contribution in [2.24, 2.45) is 0 Å². The van der Waals surface area contributed by atoms with Crippen LogP contribution in [-0.2, 0) is 4.79 Å². The normalized spacial score (nSPS) is 24.5. The molecule has 2 aromatic carbocycles. The van der Waals surface area contributed by atoms with E-state index in [-0.39, 0.29) is 17.9 Å². The Morgan fingerprint density at radius 3 is 2.60 bits per heavy atom. The summed E-state index contributed by atoms with van der Waals surface area (Å²) in [5, 5.41) is 9.96. The van der Waals surface area contributed by atoms with Crippen LogP contribution in [0.1, 0.15) is 98.0 Å². The molecule has 2 aromatic rings. The van der Waals surface area contributed by atoms with Crippen molar-refractivity contribution in [1.82, 2.24) is 20.9 Å². The van der Waals surface area contributed by atoms with Crippen LogP contribution in [0.3, 0.4) is 0 Å². The Kier molecular flexibility index (Phi) is 9.56. The Bertz CT molecular complexity index is 1280. The van der Waals surface area contributed by atoms with Crippen molar-refractivity contribution in [2.75, 3.05) is 32.7 Å². The van der Waals surface area contributed by atoms with Crippen molar-refractivity contribution in [1.29, 1.82) is 0 Å². The smallest absolute Gasteiger partial charge is 0.251 e. The first kappa shape index (κ1) is 28.9. The topological polar surface area (TPSA) is 82.7 Å². The monoisotopic (exact) mass is 570 g/mol. The third kappa shape index (κ3) is 7.07. The number of benzene rings is 2. The second kappa shape index (κ2) is 13.9. The van der Waals surface area contributed by atoms with Crippen molar-refractivity contribution >= 4 is 11.8 Å². The number of amides is 2. The van der Waals surface area contributed by atoms with Gasteiger partial charge in [-0.25, -0.2) is 0 Å². The molecule has 3 heterocycles. The Balaban J connectivity index is 1.12. The molecule has 2 amide bonds. The molecule has 2 unspecified atom stereocenters. The fraction of sp³-hybridized carbons (Fsp3) is 0.543. The highest BCUT2D eigenvalue weighted by Gasteiger charge is 2.35. The number of hydrogen-bond donors (Lipinski definition) is 3. The first-order valence-electron chi connectivity index (χ1n) is 16.3. The van der Waals surface area contributed by atoms with Gasteiger partial charge in [0.25, 0.3) is 5.91 Å². The molecule has 0 bridgehead atoms. The second-order valence-corrected chi connectivity index (χ2v) is 12.6. The summed E-state index contributed by atoms with van der Waals surface area (Å²) >= 11 is 0. The number of allylic oxidation sites excluding steroid dienone is 1. The predicted molar refractivity (Wildman–Crippen MR) is 166 cm³/mol. The van der Waals surface area contributed by atoms with Crippen LogP contribution < -0.4 is 20.7 Å². The largest absolute Gasteiger partial charge is 0.457 e. The molecule has 4 aliphatic rings. The zero-order chi connectivity index (χ0) is 28.7. The molecule has 1 aliphatic carbocycles. The van der Waals surface area contributed by atoms with E-state index in [9.17, 15) is 9.59 Å². The standard InChI is InChI=1S/C35H46N4O3/c40-34(37-23-28-12-8-9-19-36-28)26-15-16-32-30(22-26)33(29-13-6-7-14-31(29)42-32)35(41)38-27-17-20-39(21-18-27)24-25-10-4-2-1-3-5-11-25/h6-7,10,13-16,22,27-28,33,36H,1-5,8-9,11-12,17-21,23-24H2,(H,37,40)(H,38,41)/b25-10+. The first-order valence-corrected chi connectivity index (χ1v) is 16.3. The van der Waals surface area contributed by atoms with Gasteiger partial charge < -0.3 is 20.7 Å². The van der Waals surface area contributed by atoms with E-state index < -0.39 is 5.92 Å². The number of nitrogens with one attached hydrogen (secondary N) is 3. The Labute approximate surface area is 250 Å². The van der Waals surface area contributed by atoms with Crippen LogP contribution in [0, 0.1) is 0 Å². The van der Waals surface area contributed by atoms with Crippen LogP contribution in [-0.4, -0.2) is 61.5 Å². The molecule has 0 radical (unpaired) electrons. The molecule has 224 valence electrons. The number of hydrogen-bond acceptors (Lipinski definition) is 5. The van der Waals surface area contributed by atoms with Gasteiger partial charge in [-0.15, -0.1) is 0 Å². The summed E-state index contributed by atoms with van der Waals surface area (Å²) in [7, 11) is 0. The number of para-hydroxylation sites is 1. The van der Waals surface area contributed by atoms with Crippen LogP contribution in [0.15, 0.2) is 54.1 Å². The van der Waals surface area contributed by atoms with E-state index in [0.717, 1.165) is 56.6 Å². The molecule has 3 N–H and O–H groups in total. The quantitative estimate of drug-likeness (QED) is 0.375. The van der Waals surface area contributed by atoms with Crippen molar-refractivity contribution in [2.45, 2.75) is 88.6 Å². The van der Waals surface area contributed by atoms with E-state index in [1.165, 1.54) is 51.4 Å². The summed E-state index contributed by atoms with van der Waals surface area (Å²) in [5.74, 6) is 0.692. The average Bonchev–Trinajstić information content (AvgIpc) is 3.01. The van der Waals surface area contributed by atoms with Gasteiger partial charge in [-0.05, 0) is 82.2 Å². The molecule has 42 heavy (non-hydrogen) atoms. The summed E-state index contributed by atoms with van der Waals surface area (Å²) < 4.78 is 6.21. The van der Waals surface area contributed by atoms with Gasteiger partial charge in [0.05, 0.1) is 5.92 Å². The van der Waals surface area contributed by atoms with E-state index in [1.807, 2.05) is 36.4 Å². The van der Waals surface area contributed by atoms with E-state index in [0.29, 0.717) is 29.6 Å². The number of piperidine rings is 2. The molecule has 7 heteroatoms. The summed E-state index contributed by atoms with van der Waals surface area (Å²) in [6, 6.07) is 13.7. The van der Waals surface area contributed by atoms with Crippen molar-refractivity contribution in [3.8, 4) is 11.5 Å². The Morgan fingerprint density at radius 1 is 0.905 bits per heavy atom. The molecular formula is C35H46N4O3. The molecule has 6 rings (SSSR count). The zero-order valence-electron chi connectivity index (χ0n) is 24.8. The van der Waals surface area contributed by atoms with Crippen molar-refractivity contribution in [3.63, 3.8) is 0 Å². The Hall–Kier alpha value is -3.16. The number of nitrogens with zero attached hydrogens (tertiary/aromatic N) is 1. The molecule has 2 fully saturated rings. The molecule has 2 saturated heterocycles. The molecule has 2 atom stereocenters. The van der Waals surface area contributed by atoms with E-state index in [2.05, 4.69) is 26.9 Å². The van der Waals surface area contributed by atoms with E-state index >= 15 is 0 Å². The number of carbonyl (C=O) groups excluding carboxylic acids is 2. The summed E-state index contributed by atoms with van der Waals surface area (Å²) in [5.41, 5.74) is 3.76. The van der Waals surface area contributed by atoms with Crippen LogP contribution in [0.5, 0.6) is 11.5 Å². The minimum atomic E-state index is -0.518. The van der Waals surface area contributed by atoms with Crippen LogP contribution in [0.25, 0.3) is 0 Å². The molecule has 0 aromatic heterocycles. The number of rotatable bonds is 7. The lowest BCUT2D eigenvalue weighted by molar-refractivity contribution is -0.122. The van der Waals surface area contributed by atoms with E-state index in [1.54, 1.807) is 11.6 Å². The fourth-order valence-corrected chi connectivity index (χ4v) is 7.01. The van der Waals surface area contributed by atoms with E-state index in [4.69, 9.17) is 4.74 Å². The molecular weight excluding hydrogens is 524 g/mol. The molecule has 3 aliphatic heterocycles. The highest BCUT2D eigenvalue weighted by atomic mass is 16.5. The maximum Gasteiger partial charge on any atom is 0.251 e. The van der Waals surface area contributed by atoms with Gasteiger partial charge in [-0.1, -0.05) is 49.1 Å². The summed E-state index contributed by atoms with van der Waals surface area (Å²) in [6.07, 6.45) is 15.7. The maximum atomic E-state index is 14.0. The Morgan fingerprint density at radius 2 is 1.74 bits per heavy atom. The van der Waals surface area contributed by atoms with Crippen LogP contribution in [0.2, 0.25) is 0 Å². The average molecular weight is 571 g/mol. The number of likely N-dealkylation sites (tertiary alicyclic amines) is 1. The maximum absolute atomic E-state index is 14.0. The third-order valence-corrected chi connectivity index (χ3v) is 9.46. The van der Waals surface area contributed by atoms with Crippen molar-refractivity contribution < 1.29 is 14.3 Å². The van der Waals surface area contributed by atoms with Gasteiger partial charge >= 0.3 is 0 Å². The second-order valence-electron chi connectivity index (χ2n) is 12.6. The van der Waals surface area contributed by atoms with Gasteiger partial charge in [0, 0.05) is 55.0 Å². The lowest BCUT2D eigenvalue weighted by Gasteiger charge is -2.35. The fourth-order valence-electron chi connectivity index (χ4n) is 7.01. The minimum absolute atomic E-state index is 0.0165. The lowest BCUT2D eigenvalue weighted by atomic mass is 9.85. The van der Waals surface area contributed by atoms with Crippen LogP contribution >= 0.6 is 0 Å². The number of fused-ring (bicyclic) bond motifs is 2. The van der Waals surface area contributed by atoms with Gasteiger partial charge in [0.2, 0.25) is 5.91 Å². The third-order valence-electron chi connectivity index (χ3n) is 9.46. The molecule has 0 spiro atoms. The van der Waals surface area contributed by atoms with Gasteiger partial charge in [0.15, 0.2) is 0 Å². The molecule has 0 saturated carbocycles. The highest BCUT2D eigenvalue weighted by molar-refractivity contribution is 5.96. The van der Waals surface area contributed by atoms with Gasteiger partial charge in [0.1, 0.15) is 11.5 Å². The zero-order valence-corrected chi connectivity index (χ0v) is 24.8. The predicted octanol–water partition coefficient (Wildman–Crippen LogP) is 5.66. The van der Waals surface area contributed by atoms with Gasteiger partial charge in [-0.3, -0.25) is 14.5 Å². The number of ether oxygens (including phenoxy) is 1. The summed E-state index contributed by atoms with van der Waals surface area (Å²) in [4.78, 5) is 29.7. The van der Waals surface area contributed by atoms with Gasteiger partial charge in [-0.2, -0.15) is 0 Å².